The summed E-state index contributed by atoms with van der Waals surface area (Å²) < 4.78 is 7.00. The molecule has 1 aliphatic rings. The molecule has 1 unspecified atom stereocenters. The number of nitrogens with zero attached hydrogens (tertiary/aromatic N) is 3. The number of amides is 1. The van der Waals surface area contributed by atoms with Gasteiger partial charge in [-0.1, -0.05) is 48.5 Å². The molecule has 2 aromatic heterocycles. The Morgan fingerprint density at radius 2 is 1.71 bits per heavy atom. The molecule has 5 rings (SSSR count). The molecule has 0 bridgehead atoms. The first-order valence-electron chi connectivity index (χ1n) is 10.9. The number of ketones is 1. The number of carbonyl (C=O) groups excluding carboxylic acids is 2. The zero-order chi connectivity index (χ0) is 23.8. The van der Waals surface area contributed by atoms with Crippen molar-refractivity contribution in [3.63, 3.8) is 0 Å². The van der Waals surface area contributed by atoms with Gasteiger partial charge in [0, 0.05) is 12.7 Å². The molecule has 1 aliphatic heterocycles. The highest BCUT2D eigenvalue weighted by Gasteiger charge is 2.46. The second kappa shape index (κ2) is 8.51. The van der Waals surface area contributed by atoms with Gasteiger partial charge in [-0.25, -0.2) is 4.98 Å². The second-order valence-electron chi connectivity index (χ2n) is 8.16. The number of aliphatic hydroxyl groups excluding tert-OH is 1. The van der Waals surface area contributed by atoms with Crippen LogP contribution in [0.4, 0.5) is 0 Å². The van der Waals surface area contributed by atoms with E-state index in [0.717, 1.165) is 5.56 Å². The Kier molecular flexibility index (Phi) is 5.37. The average molecular weight is 453 g/mol. The van der Waals surface area contributed by atoms with Crippen molar-refractivity contribution in [2.75, 3.05) is 7.11 Å². The summed E-state index contributed by atoms with van der Waals surface area (Å²) in [4.78, 5) is 32.6. The standard InChI is InChI=1S/C27H23N3O4/c1-17-23(29-15-7-6-10-21(29)28-17)25(31)22-24(19-11-13-20(34-2)14-12-19)30(27(33)26(22)32)16-18-8-4-3-5-9-18/h3-15,24,31H,16H2,1-2H3. The molecular weight excluding hydrogens is 430 g/mol. The van der Waals surface area contributed by atoms with Crippen LogP contribution in [0.2, 0.25) is 0 Å². The van der Waals surface area contributed by atoms with Gasteiger partial charge >= 0.3 is 0 Å². The number of aliphatic hydroxyl groups is 1. The van der Waals surface area contributed by atoms with E-state index in [0.29, 0.717) is 28.3 Å². The Labute approximate surface area is 196 Å². The van der Waals surface area contributed by atoms with Crippen molar-refractivity contribution >= 4 is 23.1 Å². The van der Waals surface area contributed by atoms with E-state index in [2.05, 4.69) is 4.98 Å². The number of fused-ring (bicyclic) bond motifs is 1. The number of benzene rings is 2. The summed E-state index contributed by atoms with van der Waals surface area (Å²) in [6.07, 6.45) is 1.77. The van der Waals surface area contributed by atoms with Crippen LogP contribution in [-0.2, 0) is 16.1 Å². The summed E-state index contributed by atoms with van der Waals surface area (Å²) in [7, 11) is 1.57. The van der Waals surface area contributed by atoms with Crippen LogP contribution >= 0.6 is 0 Å². The van der Waals surface area contributed by atoms with Crippen molar-refractivity contribution in [3.05, 3.63) is 107 Å². The zero-order valence-electron chi connectivity index (χ0n) is 18.8. The molecule has 7 nitrogen and oxygen atoms in total. The Morgan fingerprint density at radius 1 is 1.00 bits per heavy atom. The van der Waals surface area contributed by atoms with Gasteiger partial charge in [0.2, 0.25) is 0 Å². The minimum Gasteiger partial charge on any atom is -0.505 e. The van der Waals surface area contributed by atoms with Gasteiger partial charge in [0.1, 0.15) is 17.1 Å². The number of likely N-dealkylation sites (tertiary alicyclic amines) is 1. The average Bonchev–Trinajstić information content (AvgIpc) is 3.33. The lowest BCUT2D eigenvalue weighted by Crippen LogP contribution is -2.29. The molecule has 1 saturated heterocycles. The maximum atomic E-state index is 13.3. The molecular formula is C27H23N3O4. The van der Waals surface area contributed by atoms with Crippen molar-refractivity contribution in [3.8, 4) is 5.75 Å². The summed E-state index contributed by atoms with van der Waals surface area (Å²) in [5, 5.41) is 11.5. The van der Waals surface area contributed by atoms with E-state index < -0.39 is 17.7 Å². The number of imidazole rings is 1. The van der Waals surface area contributed by atoms with Gasteiger partial charge in [0.05, 0.1) is 24.4 Å². The van der Waals surface area contributed by atoms with Crippen LogP contribution in [0.25, 0.3) is 11.4 Å². The zero-order valence-corrected chi connectivity index (χ0v) is 18.8. The quantitative estimate of drug-likeness (QED) is 0.277. The van der Waals surface area contributed by atoms with Crippen LogP contribution in [0.15, 0.2) is 84.6 Å². The number of pyridine rings is 1. The molecule has 1 fully saturated rings. The lowest BCUT2D eigenvalue weighted by molar-refractivity contribution is -0.140. The van der Waals surface area contributed by atoms with Gasteiger partial charge < -0.3 is 14.7 Å². The summed E-state index contributed by atoms with van der Waals surface area (Å²) in [5.74, 6) is -0.968. The highest BCUT2D eigenvalue weighted by molar-refractivity contribution is 6.46. The molecule has 0 aliphatic carbocycles. The first-order valence-corrected chi connectivity index (χ1v) is 10.9. The molecule has 4 aromatic rings. The van der Waals surface area contributed by atoms with E-state index in [9.17, 15) is 14.7 Å². The first kappa shape index (κ1) is 21.5. The van der Waals surface area contributed by atoms with Gasteiger partial charge in [-0.05, 0) is 42.3 Å². The predicted molar refractivity (Wildman–Crippen MR) is 127 cm³/mol. The number of hydrogen-bond acceptors (Lipinski definition) is 5. The fraction of sp³-hybridized carbons (Fsp3) is 0.148. The Hall–Kier alpha value is -4.39. The van der Waals surface area contributed by atoms with Crippen LogP contribution in [0, 0.1) is 6.92 Å². The van der Waals surface area contributed by atoms with Crippen LogP contribution in [-0.4, -0.2) is 38.2 Å². The van der Waals surface area contributed by atoms with E-state index in [4.69, 9.17) is 4.74 Å². The summed E-state index contributed by atoms with van der Waals surface area (Å²) >= 11 is 0. The Balaban J connectivity index is 1.71. The fourth-order valence-corrected chi connectivity index (χ4v) is 4.48. The van der Waals surface area contributed by atoms with Crippen molar-refractivity contribution in [2.24, 2.45) is 0 Å². The maximum absolute atomic E-state index is 13.3. The van der Waals surface area contributed by atoms with Crippen molar-refractivity contribution in [1.29, 1.82) is 0 Å². The monoisotopic (exact) mass is 453 g/mol. The van der Waals surface area contributed by atoms with Gasteiger partial charge in [0.25, 0.3) is 11.7 Å². The number of methoxy groups -OCH3 is 1. The lowest BCUT2D eigenvalue weighted by atomic mass is 9.96. The number of ether oxygens (including phenoxy) is 1. The minimum absolute atomic E-state index is 0.0415. The van der Waals surface area contributed by atoms with Gasteiger partial charge in [-0.15, -0.1) is 0 Å². The van der Waals surface area contributed by atoms with Gasteiger partial charge in [-0.3, -0.25) is 14.0 Å². The normalized spacial score (nSPS) is 17.5. The van der Waals surface area contributed by atoms with Gasteiger partial charge in [-0.2, -0.15) is 0 Å². The molecule has 0 spiro atoms. The highest BCUT2D eigenvalue weighted by atomic mass is 16.5. The first-order chi connectivity index (χ1) is 16.5. The van der Waals surface area contributed by atoms with Gasteiger partial charge in [0.15, 0.2) is 5.76 Å². The Morgan fingerprint density at radius 3 is 2.41 bits per heavy atom. The van der Waals surface area contributed by atoms with Crippen molar-refractivity contribution in [2.45, 2.75) is 19.5 Å². The summed E-state index contributed by atoms with van der Waals surface area (Å²) in [5.41, 5.74) is 3.22. The Bertz CT molecular complexity index is 1420. The second-order valence-corrected chi connectivity index (χ2v) is 8.16. The smallest absolute Gasteiger partial charge is 0.295 e. The molecule has 1 amide bonds. The number of carbonyl (C=O) groups is 2. The molecule has 7 heteroatoms. The summed E-state index contributed by atoms with van der Waals surface area (Å²) in [6, 6.07) is 21.4. The topological polar surface area (TPSA) is 84.1 Å². The molecule has 3 heterocycles. The van der Waals surface area contributed by atoms with E-state index in [1.165, 1.54) is 4.90 Å². The largest absolute Gasteiger partial charge is 0.505 e. The maximum Gasteiger partial charge on any atom is 0.295 e. The molecule has 1 N–H and O–H groups in total. The molecule has 2 aromatic carbocycles. The van der Waals surface area contributed by atoms with Crippen LogP contribution in [0.5, 0.6) is 5.75 Å². The minimum atomic E-state index is -0.764. The highest BCUT2D eigenvalue weighted by Crippen LogP contribution is 2.41. The number of hydrogen-bond donors (Lipinski definition) is 1. The molecule has 170 valence electrons. The molecule has 0 saturated carbocycles. The van der Waals surface area contributed by atoms with Crippen LogP contribution in [0.1, 0.15) is 28.6 Å². The van der Waals surface area contributed by atoms with Crippen LogP contribution in [0.3, 0.4) is 0 Å². The van der Waals surface area contributed by atoms with E-state index >= 15 is 0 Å². The third kappa shape index (κ3) is 3.51. The predicted octanol–water partition coefficient (Wildman–Crippen LogP) is 4.27. The summed E-state index contributed by atoms with van der Waals surface area (Å²) in [6.45, 7) is 2.00. The van der Waals surface area contributed by atoms with Crippen molar-refractivity contribution in [1.82, 2.24) is 14.3 Å². The number of aromatic nitrogens is 2. The van der Waals surface area contributed by atoms with Crippen molar-refractivity contribution < 1.29 is 19.4 Å². The number of rotatable bonds is 5. The molecule has 34 heavy (non-hydrogen) atoms. The van der Waals surface area contributed by atoms with Crippen LogP contribution < -0.4 is 4.74 Å². The third-order valence-corrected chi connectivity index (χ3v) is 6.10. The van der Waals surface area contributed by atoms with E-state index in [-0.39, 0.29) is 17.9 Å². The number of aryl methyl sites for hydroxylation is 1. The molecule has 1 atom stereocenters. The molecule has 0 radical (unpaired) electrons. The SMILES string of the molecule is COc1ccc(C2C(=C(O)c3c(C)nc4ccccn34)C(=O)C(=O)N2Cc2ccccc2)cc1. The fourth-order valence-electron chi connectivity index (χ4n) is 4.48. The van der Waals surface area contributed by atoms with E-state index in [1.807, 2.05) is 60.7 Å². The van der Waals surface area contributed by atoms with E-state index in [1.54, 1.807) is 36.8 Å². The third-order valence-electron chi connectivity index (χ3n) is 6.10. The number of Topliss-reactive ketones (excluding diaryl/α,β-unsaturated/α-hetero) is 1. The lowest BCUT2D eigenvalue weighted by Gasteiger charge is -2.25.